The Morgan fingerprint density at radius 1 is 1.27 bits per heavy atom. The molecule has 1 aromatic heterocycles. The van der Waals surface area contributed by atoms with Crippen molar-refractivity contribution in [3.8, 4) is 18.1 Å². The highest BCUT2D eigenvalue weighted by atomic mass is 32.1. The number of hydrogen-bond donors (Lipinski definition) is 1. The minimum Gasteiger partial charge on any atom is -0.481 e. The second-order valence-corrected chi connectivity index (χ2v) is 7.63. The van der Waals surface area contributed by atoms with Crippen molar-refractivity contribution >= 4 is 28.2 Å². The molecule has 0 bridgehead atoms. The smallest absolute Gasteiger partial charge is 0.226 e. The van der Waals surface area contributed by atoms with Gasteiger partial charge in [-0.3, -0.25) is 4.79 Å². The van der Waals surface area contributed by atoms with Gasteiger partial charge in [-0.1, -0.05) is 29.4 Å². The molecule has 5 nitrogen and oxygen atoms in total. The molecular weight excluding hydrogens is 346 g/mol. The number of benzene rings is 1. The van der Waals surface area contributed by atoms with Gasteiger partial charge in [0, 0.05) is 25.4 Å². The van der Waals surface area contributed by atoms with Crippen LogP contribution >= 0.6 is 11.3 Å². The number of rotatable bonds is 4. The summed E-state index contributed by atoms with van der Waals surface area (Å²) in [4.78, 5) is 20.4. The van der Waals surface area contributed by atoms with Gasteiger partial charge < -0.3 is 15.0 Å². The van der Waals surface area contributed by atoms with E-state index in [0.29, 0.717) is 6.42 Å². The fraction of sp³-hybridized carbons (Fsp3) is 0.400. The number of fused-ring (bicyclic) bond motifs is 1. The summed E-state index contributed by atoms with van der Waals surface area (Å²) in [6.45, 7) is 2.35. The van der Waals surface area contributed by atoms with Crippen molar-refractivity contribution in [3.05, 3.63) is 34.7 Å². The van der Waals surface area contributed by atoms with Crippen molar-refractivity contribution < 1.29 is 9.53 Å². The van der Waals surface area contributed by atoms with Gasteiger partial charge in [-0.2, -0.15) is 0 Å². The highest BCUT2D eigenvalue weighted by Gasteiger charge is 2.31. The lowest BCUT2D eigenvalue weighted by Gasteiger charge is -2.25. The van der Waals surface area contributed by atoms with Crippen LogP contribution in [0.3, 0.4) is 0 Å². The van der Waals surface area contributed by atoms with E-state index in [-0.39, 0.29) is 18.4 Å². The molecule has 2 aliphatic rings. The Morgan fingerprint density at radius 3 is 2.77 bits per heavy atom. The summed E-state index contributed by atoms with van der Waals surface area (Å²) in [5.41, 5.74) is 1.10. The summed E-state index contributed by atoms with van der Waals surface area (Å²) >= 11 is 1.71. The first-order valence-electron chi connectivity index (χ1n) is 8.96. The topological polar surface area (TPSA) is 54.5 Å². The molecule has 1 N–H and O–H groups in total. The highest BCUT2D eigenvalue weighted by molar-refractivity contribution is 7.16. The Hall–Kier alpha value is -2.52. The summed E-state index contributed by atoms with van der Waals surface area (Å²) in [6.07, 6.45) is 9.37. The molecule has 0 unspecified atom stereocenters. The number of hydrogen-bond acceptors (Lipinski definition) is 5. The Kier molecular flexibility index (Phi) is 4.81. The van der Waals surface area contributed by atoms with E-state index in [9.17, 15) is 4.79 Å². The molecule has 1 atom stereocenters. The number of piperidine rings is 1. The molecule has 2 aliphatic heterocycles. The fourth-order valence-electron chi connectivity index (χ4n) is 3.52. The number of thiazole rings is 1. The van der Waals surface area contributed by atoms with Crippen molar-refractivity contribution in [2.24, 2.45) is 0 Å². The zero-order valence-electron chi connectivity index (χ0n) is 14.5. The average molecular weight is 367 g/mol. The number of ether oxygens (including phenoxy) is 1. The van der Waals surface area contributed by atoms with Crippen LogP contribution < -0.4 is 15.0 Å². The minimum atomic E-state index is 0.0191. The highest BCUT2D eigenvalue weighted by Crippen LogP contribution is 2.43. The van der Waals surface area contributed by atoms with E-state index >= 15 is 0 Å². The lowest BCUT2D eigenvalue weighted by Crippen LogP contribution is -2.29. The SMILES string of the molecule is C#CCOc1ccc([C@H]2CC(=O)Nc3nc(N4CCCCC4)sc32)cc1. The van der Waals surface area contributed by atoms with Crippen LogP contribution in [0.2, 0.25) is 0 Å². The summed E-state index contributed by atoms with van der Waals surface area (Å²) in [7, 11) is 0. The molecule has 3 heterocycles. The number of nitrogens with one attached hydrogen (secondary N) is 1. The molecular formula is C20H21N3O2S. The normalized spacial score (nSPS) is 19.4. The van der Waals surface area contributed by atoms with Crippen molar-refractivity contribution in [1.82, 2.24) is 4.98 Å². The molecule has 1 amide bonds. The molecule has 0 aliphatic carbocycles. The third-order valence-electron chi connectivity index (χ3n) is 4.84. The Bertz CT molecular complexity index is 832. The van der Waals surface area contributed by atoms with Gasteiger partial charge in [0.2, 0.25) is 5.91 Å². The Morgan fingerprint density at radius 2 is 2.04 bits per heavy atom. The number of carbonyl (C=O) groups is 1. The molecule has 134 valence electrons. The Balaban J connectivity index is 1.61. The number of terminal acetylenes is 1. The van der Waals surface area contributed by atoms with Crippen molar-refractivity contribution in [1.29, 1.82) is 0 Å². The van der Waals surface area contributed by atoms with Crippen LogP contribution in [0, 0.1) is 12.3 Å². The van der Waals surface area contributed by atoms with Crippen LogP contribution in [0.1, 0.15) is 42.0 Å². The third kappa shape index (κ3) is 3.40. The minimum absolute atomic E-state index is 0.0191. The summed E-state index contributed by atoms with van der Waals surface area (Å²) < 4.78 is 5.44. The standard InChI is InChI=1S/C20H21N3O2S/c1-2-12-25-15-8-6-14(7-9-15)16-13-17(24)21-19-18(16)26-20(22-19)23-10-4-3-5-11-23/h1,6-9,16H,3-5,10-13H2,(H,21,24)/t16-/m1/s1. The van der Waals surface area contributed by atoms with Crippen LogP contribution in [0.5, 0.6) is 5.75 Å². The molecule has 1 saturated heterocycles. The van der Waals surface area contributed by atoms with E-state index in [1.165, 1.54) is 19.3 Å². The molecule has 1 aromatic carbocycles. The maximum atomic E-state index is 12.2. The van der Waals surface area contributed by atoms with Crippen LogP contribution in [-0.4, -0.2) is 30.6 Å². The monoisotopic (exact) mass is 367 g/mol. The third-order valence-corrected chi connectivity index (χ3v) is 6.07. The number of amides is 1. The van der Waals surface area contributed by atoms with Crippen molar-refractivity contribution in [3.63, 3.8) is 0 Å². The molecule has 2 aromatic rings. The summed E-state index contributed by atoms with van der Waals surface area (Å²) in [6, 6.07) is 7.84. The van der Waals surface area contributed by atoms with Gasteiger partial charge in [-0.25, -0.2) is 4.98 Å². The van der Waals surface area contributed by atoms with Gasteiger partial charge in [0.25, 0.3) is 0 Å². The summed E-state index contributed by atoms with van der Waals surface area (Å²) in [5, 5.41) is 3.97. The summed E-state index contributed by atoms with van der Waals surface area (Å²) in [5.74, 6) is 3.99. The zero-order valence-corrected chi connectivity index (χ0v) is 15.3. The van der Waals surface area contributed by atoms with Gasteiger partial charge in [0.05, 0.1) is 4.88 Å². The van der Waals surface area contributed by atoms with Gasteiger partial charge in [-0.05, 0) is 37.0 Å². The van der Waals surface area contributed by atoms with Gasteiger partial charge in [0.15, 0.2) is 5.13 Å². The molecule has 4 rings (SSSR count). The van der Waals surface area contributed by atoms with E-state index in [1.807, 2.05) is 24.3 Å². The largest absolute Gasteiger partial charge is 0.481 e. The zero-order chi connectivity index (χ0) is 17.9. The Labute approximate surface area is 157 Å². The quantitative estimate of drug-likeness (QED) is 0.839. The van der Waals surface area contributed by atoms with Gasteiger partial charge >= 0.3 is 0 Å². The number of carbonyl (C=O) groups excluding carboxylic acids is 1. The van der Waals surface area contributed by atoms with E-state index in [1.54, 1.807) is 11.3 Å². The first kappa shape index (κ1) is 16.9. The number of aromatic nitrogens is 1. The van der Waals surface area contributed by atoms with Crippen LogP contribution in [0.15, 0.2) is 24.3 Å². The second kappa shape index (κ2) is 7.38. The van der Waals surface area contributed by atoms with Crippen LogP contribution in [0.4, 0.5) is 10.9 Å². The van der Waals surface area contributed by atoms with Crippen molar-refractivity contribution in [2.75, 3.05) is 29.9 Å². The van der Waals surface area contributed by atoms with E-state index in [4.69, 9.17) is 16.1 Å². The number of anilines is 2. The lowest BCUT2D eigenvalue weighted by atomic mass is 9.91. The second-order valence-electron chi connectivity index (χ2n) is 6.62. The maximum Gasteiger partial charge on any atom is 0.226 e. The first-order chi connectivity index (χ1) is 12.7. The lowest BCUT2D eigenvalue weighted by molar-refractivity contribution is -0.116. The van der Waals surface area contributed by atoms with Crippen LogP contribution in [0.25, 0.3) is 0 Å². The van der Waals surface area contributed by atoms with E-state index in [2.05, 4.69) is 16.1 Å². The molecule has 6 heteroatoms. The first-order valence-corrected chi connectivity index (χ1v) is 9.78. The predicted octanol–water partition coefficient (Wildman–Crippen LogP) is 3.62. The van der Waals surface area contributed by atoms with Crippen molar-refractivity contribution in [2.45, 2.75) is 31.6 Å². The number of nitrogens with zero attached hydrogens (tertiary/aromatic N) is 2. The van der Waals surface area contributed by atoms with E-state index < -0.39 is 0 Å². The fourth-order valence-corrected chi connectivity index (χ4v) is 4.72. The van der Waals surface area contributed by atoms with Gasteiger partial charge in [0.1, 0.15) is 18.2 Å². The predicted molar refractivity (Wildman–Crippen MR) is 104 cm³/mol. The maximum absolute atomic E-state index is 12.2. The molecule has 1 fully saturated rings. The van der Waals surface area contributed by atoms with Gasteiger partial charge in [-0.15, -0.1) is 6.42 Å². The molecule has 0 saturated carbocycles. The van der Waals surface area contributed by atoms with Crippen LogP contribution in [-0.2, 0) is 4.79 Å². The molecule has 0 spiro atoms. The molecule has 0 radical (unpaired) electrons. The molecule has 26 heavy (non-hydrogen) atoms. The van der Waals surface area contributed by atoms with E-state index in [0.717, 1.165) is 40.2 Å². The average Bonchev–Trinajstić information content (AvgIpc) is 3.11.